The van der Waals surface area contributed by atoms with Crippen molar-refractivity contribution in [1.82, 2.24) is 15.6 Å². The molecule has 1 aromatic carbocycles. The molecule has 26 heavy (non-hydrogen) atoms. The van der Waals surface area contributed by atoms with Gasteiger partial charge < -0.3 is 15.1 Å². The molecule has 0 spiro atoms. The summed E-state index contributed by atoms with van der Waals surface area (Å²) in [6, 6.07) is 10.9. The maximum Gasteiger partial charge on any atom is 0.220 e. The first kappa shape index (κ1) is 18.9. The van der Waals surface area contributed by atoms with E-state index in [-0.39, 0.29) is 24.4 Å². The lowest BCUT2D eigenvalue weighted by atomic mass is 9.89. The minimum atomic E-state index is -0.219. The molecule has 2 fully saturated rings. The van der Waals surface area contributed by atoms with Crippen molar-refractivity contribution in [1.29, 1.82) is 0 Å². The second-order valence-electron chi connectivity index (χ2n) is 7.40. The zero-order chi connectivity index (χ0) is 17.2. The Morgan fingerprint density at radius 3 is 2.65 bits per heavy atom. The zero-order valence-corrected chi connectivity index (χ0v) is 15.8. The monoisotopic (exact) mass is 375 g/mol. The molecule has 0 aliphatic carbocycles. The highest BCUT2D eigenvalue weighted by atomic mass is 35.5. The summed E-state index contributed by atoms with van der Waals surface area (Å²) >= 11 is 0. The Balaban J connectivity index is 0.00000196. The van der Waals surface area contributed by atoms with Crippen molar-refractivity contribution in [3.8, 4) is 11.3 Å². The summed E-state index contributed by atoms with van der Waals surface area (Å²) in [4.78, 5) is 16.7. The predicted molar refractivity (Wildman–Crippen MR) is 103 cm³/mol. The van der Waals surface area contributed by atoms with Gasteiger partial charge in [-0.05, 0) is 38.5 Å². The molecule has 4 rings (SSSR count). The van der Waals surface area contributed by atoms with Gasteiger partial charge in [-0.2, -0.15) is 0 Å². The molecule has 0 saturated carbocycles. The maximum absolute atomic E-state index is 12.4. The molecule has 3 heterocycles. The third-order valence-corrected chi connectivity index (χ3v) is 5.37. The summed E-state index contributed by atoms with van der Waals surface area (Å²) in [6.45, 7) is 1.92. The van der Waals surface area contributed by atoms with E-state index in [2.05, 4.69) is 15.6 Å². The van der Waals surface area contributed by atoms with Crippen LogP contribution < -0.4 is 10.6 Å². The maximum atomic E-state index is 12.4. The Morgan fingerprint density at radius 2 is 1.96 bits per heavy atom. The number of oxazole rings is 1. The number of fused-ring (bicyclic) bond motifs is 2. The van der Waals surface area contributed by atoms with Crippen LogP contribution in [0.5, 0.6) is 0 Å². The van der Waals surface area contributed by atoms with Gasteiger partial charge in [-0.1, -0.05) is 30.3 Å². The normalized spacial score (nSPS) is 25.3. The molecule has 6 heteroatoms. The van der Waals surface area contributed by atoms with Crippen LogP contribution in [-0.2, 0) is 4.79 Å². The number of nitrogens with zero attached hydrogens (tertiary/aromatic N) is 1. The van der Waals surface area contributed by atoms with E-state index in [9.17, 15) is 4.79 Å². The van der Waals surface area contributed by atoms with Crippen molar-refractivity contribution < 1.29 is 9.21 Å². The number of carbonyl (C=O) groups excluding carboxylic acids is 1. The molecule has 0 radical (unpaired) electrons. The van der Waals surface area contributed by atoms with E-state index in [0.717, 1.165) is 24.2 Å². The van der Waals surface area contributed by atoms with Crippen LogP contribution in [0.2, 0.25) is 0 Å². The summed E-state index contributed by atoms with van der Waals surface area (Å²) in [5.74, 6) is 1.87. The van der Waals surface area contributed by atoms with Gasteiger partial charge in [-0.25, -0.2) is 4.98 Å². The first-order valence-corrected chi connectivity index (χ1v) is 9.24. The zero-order valence-electron chi connectivity index (χ0n) is 15.0. The molecular weight excluding hydrogens is 350 g/mol. The molecule has 3 unspecified atom stereocenters. The molecule has 2 aliphatic heterocycles. The standard InChI is InChI=1S/C20H25N3O2.ClH/c1-13(20-21-12-18(25-20)15-5-3-2-4-6-15)22-19(24)11-14-9-16-7-8-17(10-14)23-16;/h2-6,12-14,16-17,23H,7-11H2,1H3,(H,22,24);1H. The summed E-state index contributed by atoms with van der Waals surface area (Å²) in [5.41, 5.74) is 0.991. The summed E-state index contributed by atoms with van der Waals surface area (Å²) in [6.07, 6.45) is 7.09. The molecule has 1 amide bonds. The number of hydrogen-bond donors (Lipinski definition) is 2. The minimum Gasteiger partial charge on any atom is -0.438 e. The first-order chi connectivity index (χ1) is 12.2. The van der Waals surface area contributed by atoms with Gasteiger partial charge in [0.25, 0.3) is 0 Å². The SMILES string of the molecule is CC(NC(=O)CC1CC2CCC(C1)N2)c1ncc(-c2ccccc2)o1.Cl. The molecule has 2 saturated heterocycles. The number of hydrogen-bond acceptors (Lipinski definition) is 4. The van der Waals surface area contributed by atoms with Gasteiger partial charge >= 0.3 is 0 Å². The fourth-order valence-corrected chi connectivity index (χ4v) is 4.19. The van der Waals surface area contributed by atoms with Crippen LogP contribution in [0, 0.1) is 5.92 Å². The number of piperidine rings is 1. The predicted octanol–water partition coefficient (Wildman–Crippen LogP) is 3.86. The Bertz CT molecular complexity index is 722. The molecule has 1 aromatic heterocycles. The van der Waals surface area contributed by atoms with Crippen LogP contribution in [0.4, 0.5) is 0 Å². The molecule has 5 nitrogen and oxygen atoms in total. The van der Waals surface area contributed by atoms with Crippen molar-refractivity contribution >= 4 is 18.3 Å². The van der Waals surface area contributed by atoms with Gasteiger partial charge in [-0.15, -0.1) is 12.4 Å². The van der Waals surface area contributed by atoms with Gasteiger partial charge in [-0.3, -0.25) is 4.79 Å². The van der Waals surface area contributed by atoms with Crippen molar-refractivity contribution in [2.75, 3.05) is 0 Å². The van der Waals surface area contributed by atoms with E-state index >= 15 is 0 Å². The molecule has 2 N–H and O–H groups in total. The van der Waals surface area contributed by atoms with Crippen LogP contribution in [-0.4, -0.2) is 23.0 Å². The molecule has 2 bridgehead atoms. The smallest absolute Gasteiger partial charge is 0.220 e. The highest BCUT2D eigenvalue weighted by Crippen LogP contribution is 2.32. The third-order valence-electron chi connectivity index (χ3n) is 5.37. The third kappa shape index (κ3) is 4.27. The second kappa shape index (κ2) is 8.23. The van der Waals surface area contributed by atoms with Crippen LogP contribution in [0.15, 0.2) is 40.9 Å². The number of amides is 1. The highest BCUT2D eigenvalue weighted by Gasteiger charge is 2.34. The number of halogens is 1. The van der Waals surface area contributed by atoms with Gasteiger partial charge in [0.05, 0.1) is 6.20 Å². The van der Waals surface area contributed by atoms with E-state index in [1.165, 1.54) is 12.8 Å². The molecule has 2 aromatic rings. The minimum absolute atomic E-state index is 0. The lowest BCUT2D eigenvalue weighted by Crippen LogP contribution is -2.40. The van der Waals surface area contributed by atoms with E-state index < -0.39 is 0 Å². The molecule has 2 aliphatic rings. The van der Waals surface area contributed by atoms with E-state index in [0.29, 0.717) is 30.3 Å². The molecular formula is C20H26ClN3O2. The number of rotatable bonds is 5. The van der Waals surface area contributed by atoms with Crippen molar-refractivity contribution in [2.45, 2.75) is 57.2 Å². The largest absolute Gasteiger partial charge is 0.438 e. The fourth-order valence-electron chi connectivity index (χ4n) is 4.19. The van der Waals surface area contributed by atoms with Crippen LogP contribution in [0.3, 0.4) is 0 Å². The Kier molecular flexibility index (Phi) is 5.99. The average molecular weight is 376 g/mol. The van der Waals surface area contributed by atoms with Crippen molar-refractivity contribution in [2.24, 2.45) is 5.92 Å². The molecule has 140 valence electrons. The fraction of sp³-hybridized carbons (Fsp3) is 0.500. The van der Waals surface area contributed by atoms with Gasteiger partial charge in [0.15, 0.2) is 5.76 Å². The van der Waals surface area contributed by atoms with E-state index in [4.69, 9.17) is 4.42 Å². The van der Waals surface area contributed by atoms with E-state index in [1.807, 2.05) is 37.3 Å². The topological polar surface area (TPSA) is 67.2 Å². The second-order valence-corrected chi connectivity index (χ2v) is 7.40. The number of aromatic nitrogens is 1. The van der Waals surface area contributed by atoms with Gasteiger partial charge in [0.2, 0.25) is 11.8 Å². The lowest BCUT2D eigenvalue weighted by molar-refractivity contribution is -0.123. The Labute approximate surface area is 160 Å². The number of benzene rings is 1. The van der Waals surface area contributed by atoms with Crippen molar-refractivity contribution in [3.63, 3.8) is 0 Å². The highest BCUT2D eigenvalue weighted by molar-refractivity contribution is 5.85. The van der Waals surface area contributed by atoms with Crippen LogP contribution in [0.25, 0.3) is 11.3 Å². The first-order valence-electron chi connectivity index (χ1n) is 9.24. The van der Waals surface area contributed by atoms with Crippen LogP contribution >= 0.6 is 12.4 Å². The molecule has 3 atom stereocenters. The summed E-state index contributed by atoms with van der Waals surface area (Å²) in [7, 11) is 0. The Hall–Kier alpha value is -1.85. The lowest BCUT2D eigenvalue weighted by Gasteiger charge is -2.28. The van der Waals surface area contributed by atoms with Gasteiger partial charge in [0, 0.05) is 24.1 Å². The van der Waals surface area contributed by atoms with Crippen molar-refractivity contribution in [3.05, 3.63) is 42.4 Å². The van der Waals surface area contributed by atoms with Crippen LogP contribution in [0.1, 0.15) is 51.0 Å². The Morgan fingerprint density at radius 1 is 1.27 bits per heavy atom. The summed E-state index contributed by atoms with van der Waals surface area (Å²) < 4.78 is 5.83. The average Bonchev–Trinajstić information content (AvgIpc) is 3.22. The van der Waals surface area contributed by atoms with Gasteiger partial charge in [0.1, 0.15) is 6.04 Å². The number of carbonyl (C=O) groups is 1. The quantitative estimate of drug-likeness (QED) is 0.832. The van der Waals surface area contributed by atoms with E-state index in [1.54, 1.807) is 6.20 Å². The summed E-state index contributed by atoms with van der Waals surface area (Å²) in [5, 5.41) is 6.66. The number of nitrogens with one attached hydrogen (secondary N) is 2.